The lowest BCUT2D eigenvalue weighted by Crippen LogP contribution is -2.33. The number of H-pyrrole nitrogens is 1. The summed E-state index contributed by atoms with van der Waals surface area (Å²) in [5.41, 5.74) is 11.0. The summed E-state index contributed by atoms with van der Waals surface area (Å²) in [6.45, 7) is -4.69. The van der Waals surface area contributed by atoms with Gasteiger partial charge in [-0.3, -0.25) is 14.3 Å². The Bertz CT molecular complexity index is 1710. The van der Waals surface area contributed by atoms with Gasteiger partial charge in [0.2, 0.25) is 12.4 Å². The summed E-state index contributed by atoms with van der Waals surface area (Å²) < 4.78 is 46.4. The third-order valence-electron chi connectivity index (χ3n) is 6.05. The van der Waals surface area contributed by atoms with E-state index < -0.39 is 61.7 Å². The molecule has 16 nitrogen and oxygen atoms in total. The summed E-state index contributed by atoms with van der Waals surface area (Å²) in [7, 11) is -2.57. The molecular weight excluding hydrogens is 631 g/mol. The van der Waals surface area contributed by atoms with Crippen molar-refractivity contribution in [3.8, 4) is 0 Å². The Balaban J connectivity index is 1.36. The molecule has 1 fully saturated rings. The number of ether oxygens (including phenoxy) is 1. The fourth-order valence-corrected chi connectivity index (χ4v) is 7.47. The van der Waals surface area contributed by atoms with Crippen molar-refractivity contribution in [2.45, 2.75) is 35.8 Å². The van der Waals surface area contributed by atoms with Gasteiger partial charge in [-0.05, 0) is 22.4 Å². The number of fused-ring (bicyclic) bond motifs is 2. The largest absolute Gasteiger partial charge is 0.582 e. The van der Waals surface area contributed by atoms with Gasteiger partial charge in [0.25, 0.3) is 5.56 Å². The van der Waals surface area contributed by atoms with Gasteiger partial charge >= 0.3 is 7.23 Å². The molecule has 0 amide bonds. The number of alkyl halides is 1. The smallest absolute Gasteiger partial charge is 0.383 e. The third-order valence-corrected chi connectivity index (χ3v) is 9.96. The van der Waals surface area contributed by atoms with Gasteiger partial charge in [-0.15, -0.1) is 4.52 Å². The molecule has 5 rings (SSSR count). The molecule has 1 aliphatic rings. The highest BCUT2D eigenvalue weighted by Gasteiger charge is 2.52. The van der Waals surface area contributed by atoms with Gasteiger partial charge in [-0.2, -0.15) is 17.6 Å². The average Bonchev–Trinajstić information content (AvgIpc) is 3.59. The lowest BCUT2D eigenvalue weighted by molar-refractivity contribution is -0.0390. The molecule has 3 unspecified atom stereocenters. The minimum Gasteiger partial charge on any atom is -0.383 e. The van der Waals surface area contributed by atoms with Gasteiger partial charge in [0.15, 0.2) is 35.5 Å². The van der Waals surface area contributed by atoms with Crippen LogP contribution < -0.4 is 17.0 Å². The number of nitrogens with one attached hydrogen (secondary N) is 1. The molecule has 0 aromatic carbocycles. The van der Waals surface area contributed by atoms with Gasteiger partial charge in [0.1, 0.15) is 41.5 Å². The van der Waals surface area contributed by atoms with Crippen LogP contribution in [0.4, 0.5) is 16.2 Å². The fraction of sp³-hybridized carbons (Fsp3) is 0.389. The first-order valence-corrected chi connectivity index (χ1v) is 16.7. The third kappa shape index (κ3) is 5.36. The first kappa shape index (κ1) is 29.2. The van der Waals surface area contributed by atoms with Crippen molar-refractivity contribution in [1.82, 2.24) is 34.1 Å². The number of hydrogen-bond donors (Lipinski definition) is 7. The van der Waals surface area contributed by atoms with E-state index in [2.05, 4.69) is 49.8 Å². The van der Waals surface area contributed by atoms with Crippen LogP contribution in [-0.4, -0.2) is 74.9 Å². The van der Waals surface area contributed by atoms with E-state index in [0.29, 0.717) is 5.39 Å². The molecule has 1 saturated heterocycles. The van der Waals surface area contributed by atoms with Crippen LogP contribution in [0.2, 0.25) is 0 Å². The van der Waals surface area contributed by atoms with Crippen molar-refractivity contribution in [2.24, 2.45) is 0 Å². The number of imidazole rings is 1. The predicted octanol–water partition coefficient (Wildman–Crippen LogP) is 1.00. The summed E-state index contributed by atoms with van der Waals surface area (Å²) >= 11 is 13.2. The number of thiol groups is 2. The molecule has 0 spiro atoms. The Morgan fingerprint density at radius 2 is 2.10 bits per heavy atom. The van der Waals surface area contributed by atoms with Gasteiger partial charge < -0.3 is 35.3 Å². The maximum atomic E-state index is 15.6. The molecular formula is C18H21FN9O7P2S3+. The lowest BCUT2D eigenvalue weighted by Gasteiger charge is -2.28. The minimum absolute atomic E-state index is 0.0213. The van der Waals surface area contributed by atoms with E-state index in [-0.39, 0.29) is 28.6 Å². The maximum Gasteiger partial charge on any atom is 0.582 e. The molecule has 214 valence electrons. The maximum absolute atomic E-state index is 15.6. The quantitative estimate of drug-likeness (QED) is 0.0988. The van der Waals surface area contributed by atoms with Crippen LogP contribution in [-0.2, 0) is 30.2 Å². The fourth-order valence-electron chi connectivity index (χ4n) is 4.18. The Morgan fingerprint density at radius 3 is 2.83 bits per heavy atom. The normalized spacial score (nSPS) is 24.8. The van der Waals surface area contributed by atoms with E-state index in [1.807, 2.05) is 0 Å². The minimum atomic E-state index is -4.12. The summed E-state index contributed by atoms with van der Waals surface area (Å²) in [4.78, 5) is 41.2. The summed E-state index contributed by atoms with van der Waals surface area (Å²) in [5.74, 6) is -1.86. The standard InChI is InChI=1S/C18H20FN9O7P2S3/c19-8-10(35-36(31)39)7(34-15(8)27-2-1-6-11(20)22-4-23-12(6)27)3-33-37(32,40)17(30)16(38)28-5-24-9-13(28)25-18(21)26-14(9)29/h1-2,4-5,7-8,10,15-17,30H,3H2,(H7-,20,21,22,23,25,26,29,31,32,38,39,40)/p+1/t7-,8+,10?,15-,16-,17+,37?/m1/s1. The zero-order chi connectivity index (χ0) is 28.9. The predicted molar refractivity (Wildman–Crippen MR) is 151 cm³/mol. The second-order valence-electron chi connectivity index (χ2n) is 8.50. The van der Waals surface area contributed by atoms with E-state index in [4.69, 9.17) is 37.1 Å². The zero-order valence-electron chi connectivity index (χ0n) is 19.8. The zero-order valence-corrected chi connectivity index (χ0v) is 24.2. The van der Waals surface area contributed by atoms with Crippen molar-refractivity contribution in [2.75, 3.05) is 18.1 Å². The van der Waals surface area contributed by atoms with Gasteiger partial charge in [-0.1, -0.05) is 0 Å². The van der Waals surface area contributed by atoms with E-state index in [0.717, 1.165) is 6.33 Å². The highest BCUT2D eigenvalue weighted by molar-refractivity contribution is 8.39. The molecule has 1 aliphatic heterocycles. The number of halogens is 1. The SMILES string of the molecule is Nc1nc2c(ncn2[C@H](S)[C@@H](O)P(O)(=S)OC[C@H]2O[C@@H](n3ccc4c(N)ncnc43)[C@@H](F)C2O[P+](=O)S)c(=O)[nH]1. The van der Waals surface area contributed by atoms with Crippen molar-refractivity contribution in [3.05, 3.63) is 35.3 Å². The Labute approximate surface area is 239 Å². The highest BCUT2D eigenvalue weighted by Crippen LogP contribution is 2.53. The summed E-state index contributed by atoms with van der Waals surface area (Å²) in [6.07, 6.45) is -2.07. The molecule has 4 aromatic heterocycles. The van der Waals surface area contributed by atoms with E-state index in [9.17, 15) is 19.4 Å². The molecule has 40 heavy (non-hydrogen) atoms. The topological polar surface area (TPSA) is 232 Å². The molecule has 0 aliphatic carbocycles. The molecule has 8 atom stereocenters. The summed E-state index contributed by atoms with van der Waals surface area (Å²) in [5, 5.41) is 10.0. The van der Waals surface area contributed by atoms with Crippen LogP contribution in [0.15, 0.2) is 29.7 Å². The van der Waals surface area contributed by atoms with Crippen LogP contribution in [0.1, 0.15) is 11.6 Å². The van der Waals surface area contributed by atoms with Crippen LogP contribution in [0, 0.1) is 0 Å². The van der Waals surface area contributed by atoms with E-state index >= 15 is 4.39 Å². The van der Waals surface area contributed by atoms with Crippen molar-refractivity contribution < 1.29 is 32.7 Å². The number of aliphatic hydroxyl groups excluding tert-OH is 1. The van der Waals surface area contributed by atoms with Crippen molar-refractivity contribution in [1.29, 1.82) is 0 Å². The summed E-state index contributed by atoms with van der Waals surface area (Å²) in [6, 6.07) is 1.58. The molecule has 4 aromatic rings. The second kappa shape index (κ2) is 11.2. The van der Waals surface area contributed by atoms with Gasteiger partial charge in [-0.25, -0.2) is 19.3 Å². The number of aromatic amines is 1. The van der Waals surface area contributed by atoms with E-state index in [1.54, 1.807) is 6.07 Å². The van der Waals surface area contributed by atoms with Crippen LogP contribution in [0.5, 0.6) is 0 Å². The molecule has 5 heterocycles. The highest BCUT2D eigenvalue weighted by atomic mass is 32.7. The van der Waals surface area contributed by atoms with Crippen molar-refractivity contribution in [3.63, 3.8) is 0 Å². The van der Waals surface area contributed by atoms with Crippen LogP contribution in [0.25, 0.3) is 22.2 Å². The van der Waals surface area contributed by atoms with Gasteiger partial charge in [0.05, 0.1) is 18.3 Å². The number of hydrogen-bond acceptors (Lipinski definition) is 14. The Morgan fingerprint density at radius 1 is 1.35 bits per heavy atom. The number of anilines is 2. The average molecular weight is 653 g/mol. The van der Waals surface area contributed by atoms with Gasteiger partial charge in [0, 0.05) is 6.20 Å². The number of nitrogens with two attached hydrogens (primary N) is 2. The Kier molecular flexibility index (Phi) is 8.19. The number of rotatable bonds is 9. The first-order chi connectivity index (χ1) is 18.9. The second-order valence-corrected chi connectivity index (χ2v) is 14.2. The van der Waals surface area contributed by atoms with E-state index in [1.165, 1.54) is 21.7 Å². The first-order valence-electron chi connectivity index (χ1n) is 11.1. The number of nitrogen functional groups attached to an aromatic ring is 2. The monoisotopic (exact) mass is 652 g/mol. The van der Waals surface area contributed by atoms with Crippen molar-refractivity contribution >= 4 is 84.4 Å². The number of aromatic nitrogens is 7. The number of nitrogens with zero attached hydrogens (tertiary/aromatic N) is 6. The molecule has 0 bridgehead atoms. The number of aliphatic hydroxyl groups is 1. The lowest BCUT2D eigenvalue weighted by atomic mass is 10.1. The van der Waals surface area contributed by atoms with Crippen LogP contribution in [0.3, 0.4) is 0 Å². The van der Waals surface area contributed by atoms with Crippen LogP contribution >= 0.6 is 38.6 Å². The molecule has 0 saturated carbocycles. The molecule has 22 heteroatoms. The molecule has 0 radical (unpaired) electrons. The molecule has 7 N–H and O–H groups in total. The Hall–Kier alpha value is -2.25.